The van der Waals surface area contributed by atoms with Gasteiger partial charge in [0.1, 0.15) is 25.0 Å². The molecular weight excluding hydrogens is 462 g/mol. The highest BCUT2D eigenvalue weighted by molar-refractivity contribution is 5.81. The highest BCUT2D eigenvalue weighted by Gasteiger charge is 2.48. The molecule has 6 heteroatoms. The lowest BCUT2D eigenvalue weighted by Gasteiger charge is -2.51. The van der Waals surface area contributed by atoms with E-state index in [2.05, 4.69) is 5.32 Å². The van der Waals surface area contributed by atoms with Crippen LogP contribution >= 0.6 is 0 Å². The number of oxazole rings is 1. The molecule has 2 unspecified atom stereocenters. The zero-order valence-electron chi connectivity index (χ0n) is 20.8. The van der Waals surface area contributed by atoms with E-state index >= 15 is 0 Å². The zero-order valence-corrected chi connectivity index (χ0v) is 20.8. The number of quaternary nitrogens is 1. The van der Waals surface area contributed by atoms with E-state index in [1.54, 1.807) is 6.26 Å². The van der Waals surface area contributed by atoms with E-state index in [9.17, 15) is 4.79 Å². The van der Waals surface area contributed by atoms with Crippen LogP contribution in [-0.2, 0) is 16.1 Å². The standard InChI is InChI=1S/C31H32N3O3/c35-31(29(24-10-4-1-5-11-24)32-26-14-8-3-9-15-26)37-28-21-34(18-16-23(28)17-19-34)20-27-22-36-30(33-27)25-12-6-2-7-13-25/h1-15,22-23,28-29,32H,16-21H2/q+1. The fourth-order valence-electron chi connectivity index (χ4n) is 5.86. The molecule has 0 radical (unpaired) electrons. The van der Waals surface area contributed by atoms with Crippen LogP contribution in [0.2, 0.25) is 0 Å². The topological polar surface area (TPSA) is 64.4 Å². The lowest BCUT2D eigenvalue weighted by molar-refractivity contribution is -0.958. The van der Waals surface area contributed by atoms with E-state index in [0.29, 0.717) is 11.8 Å². The van der Waals surface area contributed by atoms with Gasteiger partial charge in [-0.3, -0.25) is 0 Å². The highest BCUT2D eigenvalue weighted by Crippen LogP contribution is 2.38. The molecule has 4 heterocycles. The van der Waals surface area contributed by atoms with Crippen LogP contribution in [0.25, 0.3) is 11.5 Å². The van der Waals surface area contributed by atoms with Crippen LogP contribution < -0.4 is 5.32 Å². The Bertz CT molecular complexity index is 1320. The summed E-state index contributed by atoms with van der Waals surface area (Å²) in [5.41, 5.74) is 3.73. The fraction of sp³-hybridized carbons (Fsp3) is 0.290. The van der Waals surface area contributed by atoms with Crippen LogP contribution in [0.4, 0.5) is 5.69 Å². The smallest absolute Gasteiger partial charge is 0.333 e. The Labute approximate surface area is 217 Å². The van der Waals surface area contributed by atoms with Gasteiger partial charge in [-0.05, 0) is 29.8 Å². The van der Waals surface area contributed by atoms with Crippen molar-refractivity contribution in [1.82, 2.24) is 4.98 Å². The second-order valence-corrected chi connectivity index (χ2v) is 10.3. The summed E-state index contributed by atoms with van der Waals surface area (Å²) >= 11 is 0. The van der Waals surface area contributed by atoms with Gasteiger partial charge in [0.05, 0.1) is 13.1 Å². The van der Waals surface area contributed by atoms with Crippen molar-refractivity contribution in [3.05, 3.63) is 109 Å². The minimum Gasteiger partial charge on any atom is -0.454 e. The lowest BCUT2D eigenvalue weighted by Crippen LogP contribution is -2.64. The van der Waals surface area contributed by atoms with Crippen molar-refractivity contribution in [2.45, 2.75) is 31.5 Å². The lowest BCUT2D eigenvalue weighted by atomic mass is 9.83. The number of piperidine rings is 3. The predicted octanol–water partition coefficient (Wildman–Crippen LogP) is 5.85. The molecule has 3 aromatic carbocycles. The minimum atomic E-state index is -0.559. The first kappa shape index (κ1) is 23.5. The molecule has 4 aromatic rings. The molecule has 0 aliphatic carbocycles. The number of para-hydroxylation sites is 1. The molecule has 7 rings (SSSR count). The number of carbonyl (C=O) groups excluding carboxylic acids is 1. The second-order valence-electron chi connectivity index (χ2n) is 10.3. The molecule has 3 saturated heterocycles. The summed E-state index contributed by atoms with van der Waals surface area (Å²) in [7, 11) is 0. The summed E-state index contributed by atoms with van der Waals surface area (Å²) in [5.74, 6) is 0.843. The average molecular weight is 495 g/mol. The van der Waals surface area contributed by atoms with Gasteiger partial charge in [-0.1, -0.05) is 66.7 Å². The molecule has 188 valence electrons. The number of benzene rings is 3. The monoisotopic (exact) mass is 494 g/mol. The molecule has 6 nitrogen and oxygen atoms in total. The number of anilines is 1. The van der Waals surface area contributed by atoms with Crippen LogP contribution in [0.5, 0.6) is 0 Å². The number of esters is 1. The molecule has 1 aromatic heterocycles. The van der Waals surface area contributed by atoms with Crippen molar-refractivity contribution < 1.29 is 18.4 Å². The summed E-state index contributed by atoms with van der Waals surface area (Å²) in [6, 6.07) is 29.1. The number of nitrogens with one attached hydrogen (secondary N) is 1. The molecule has 0 amide bonds. The maximum atomic E-state index is 13.6. The largest absolute Gasteiger partial charge is 0.454 e. The van der Waals surface area contributed by atoms with Crippen molar-refractivity contribution in [2.75, 3.05) is 25.0 Å². The maximum Gasteiger partial charge on any atom is 0.333 e. The number of fused-ring (bicyclic) bond motifs is 3. The van der Waals surface area contributed by atoms with Crippen LogP contribution in [-0.4, -0.2) is 41.2 Å². The number of nitrogens with zero attached hydrogens (tertiary/aromatic N) is 2. The van der Waals surface area contributed by atoms with E-state index in [1.807, 2.05) is 91.0 Å². The number of rotatable bonds is 8. The summed E-state index contributed by atoms with van der Waals surface area (Å²) in [6.07, 6.45) is 3.80. The molecule has 3 aliphatic heterocycles. The first-order valence-electron chi connectivity index (χ1n) is 13.1. The first-order chi connectivity index (χ1) is 18.2. The van der Waals surface area contributed by atoms with Crippen LogP contribution in [0.3, 0.4) is 0 Å². The fourth-order valence-corrected chi connectivity index (χ4v) is 5.86. The van der Waals surface area contributed by atoms with Gasteiger partial charge in [-0.2, -0.15) is 0 Å². The van der Waals surface area contributed by atoms with E-state index in [0.717, 1.165) is 66.0 Å². The van der Waals surface area contributed by atoms with Crippen molar-refractivity contribution >= 4 is 11.7 Å². The summed E-state index contributed by atoms with van der Waals surface area (Å²) in [6.45, 7) is 3.77. The van der Waals surface area contributed by atoms with Crippen LogP contribution in [0, 0.1) is 5.92 Å². The molecular formula is C31H32N3O3+. The molecule has 3 aliphatic rings. The second kappa shape index (κ2) is 10.2. The van der Waals surface area contributed by atoms with Crippen molar-refractivity contribution in [2.24, 2.45) is 5.92 Å². The third kappa shape index (κ3) is 5.16. The van der Waals surface area contributed by atoms with Gasteiger partial charge in [-0.15, -0.1) is 0 Å². The SMILES string of the molecule is O=C(OC1C[N+]2(Cc3coc(-c4ccccc4)n3)CCC1CC2)C(Nc1ccccc1)c1ccccc1. The summed E-state index contributed by atoms with van der Waals surface area (Å²) < 4.78 is 13.0. The van der Waals surface area contributed by atoms with Gasteiger partial charge >= 0.3 is 5.97 Å². The van der Waals surface area contributed by atoms with E-state index in [-0.39, 0.29) is 12.1 Å². The van der Waals surface area contributed by atoms with Crippen molar-refractivity contribution in [3.8, 4) is 11.5 Å². The average Bonchev–Trinajstić information content (AvgIpc) is 3.41. The Morgan fingerprint density at radius 3 is 2.30 bits per heavy atom. The molecule has 2 bridgehead atoms. The Morgan fingerprint density at radius 2 is 1.59 bits per heavy atom. The van der Waals surface area contributed by atoms with Gasteiger partial charge in [0.2, 0.25) is 5.89 Å². The summed E-state index contributed by atoms with van der Waals surface area (Å²) in [5, 5.41) is 3.39. The molecule has 2 atom stereocenters. The van der Waals surface area contributed by atoms with Crippen LogP contribution in [0.1, 0.15) is 30.1 Å². The van der Waals surface area contributed by atoms with Crippen LogP contribution in [0.15, 0.2) is 102 Å². The van der Waals surface area contributed by atoms with E-state index in [1.165, 1.54) is 0 Å². The minimum absolute atomic E-state index is 0.0979. The number of hydrogen-bond donors (Lipinski definition) is 1. The van der Waals surface area contributed by atoms with E-state index in [4.69, 9.17) is 14.1 Å². The Kier molecular flexibility index (Phi) is 6.49. The third-order valence-electron chi connectivity index (χ3n) is 7.83. The quantitative estimate of drug-likeness (QED) is 0.246. The molecule has 1 N–H and O–H groups in total. The third-order valence-corrected chi connectivity index (χ3v) is 7.83. The van der Waals surface area contributed by atoms with Gasteiger partial charge in [0, 0.05) is 30.0 Å². The molecule has 37 heavy (non-hydrogen) atoms. The number of ether oxygens (including phenoxy) is 1. The van der Waals surface area contributed by atoms with Gasteiger partial charge < -0.3 is 19.0 Å². The molecule has 0 spiro atoms. The number of hydrogen-bond acceptors (Lipinski definition) is 5. The maximum absolute atomic E-state index is 13.6. The van der Waals surface area contributed by atoms with Crippen molar-refractivity contribution in [3.63, 3.8) is 0 Å². The first-order valence-corrected chi connectivity index (χ1v) is 13.1. The Balaban J connectivity index is 1.17. The molecule has 0 saturated carbocycles. The van der Waals surface area contributed by atoms with E-state index < -0.39 is 6.04 Å². The Morgan fingerprint density at radius 1 is 0.946 bits per heavy atom. The number of carbonyl (C=O) groups is 1. The Hall–Kier alpha value is -3.90. The highest BCUT2D eigenvalue weighted by atomic mass is 16.5. The van der Waals surface area contributed by atoms with Gasteiger partial charge in [0.15, 0.2) is 12.1 Å². The van der Waals surface area contributed by atoms with Crippen molar-refractivity contribution in [1.29, 1.82) is 0 Å². The normalized spacial score (nSPS) is 23.4. The van der Waals surface area contributed by atoms with Gasteiger partial charge in [-0.25, -0.2) is 9.78 Å². The summed E-state index contributed by atoms with van der Waals surface area (Å²) in [4.78, 5) is 18.4. The number of aromatic nitrogens is 1. The van der Waals surface area contributed by atoms with Gasteiger partial charge in [0.25, 0.3) is 0 Å². The molecule has 3 fully saturated rings. The zero-order chi connectivity index (χ0) is 25.1. The predicted molar refractivity (Wildman–Crippen MR) is 142 cm³/mol.